The quantitative estimate of drug-likeness (QED) is 0.882. The van der Waals surface area contributed by atoms with Gasteiger partial charge in [-0.1, -0.05) is 29.8 Å². The topological polar surface area (TPSA) is 49.4 Å². The minimum Gasteiger partial charge on any atom is -0.339 e. The van der Waals surface area contributed by atoms with Gasteiger partial charge in [0.05, 0.1) is 5.92 Å². The van der Waals surface area contributed by atoms with Gasteiger partial charge in [0.1, 0.15) is 0 Å². The molecule has 1 heterocycles. The normalized spacial score (nSPS) is 18.4. The van der Waals surface area contributed by atoms with E-state index in [9.17, 15) is 9.59 Å². The molecule has 0 unspecified atom stereocenters. The maximum Gasteiger partial charge on any atom is 0.229 e. The highest BCUT2D eigenvalue weighted by molar-refractivity contribution is 9.10. The Balaban J connectivity index is 1.98. The van der Waals surface area contributed by atoms with E-state index < -0.39 is 0 Å². The van der Waals surface area contributed by atoms with Crippen molar-refractivity contribution >= 4 is 33.4 Å². The van der Waals surface area contributed by atoms with Crippen LogP contribution in [0.25, 0.3) is 0 Å². The van der Waals surface area contributed by atoms with Crippen molar-refractivity contribution in [1.82, 2.24) is 4.90 Å². The van der Waals surface area contributed by atoms with Crippen LogP contribution in [-0.2, 0) is 9.59 Å². The predicted octanol–water partition coefficient (Wildman–Crippen LogP) is 3.42. The van der Waals surface area contributed by atoms with Gasteiger partial charge < -0.3 is 10.2 Å². The number of carbonyl (C=O) groups excluding carboxylic acids is 2. The summed E-state index contributed by atoms with van der Waals surface area (Å²) in [4.78, 5) is 26.2. The molecule has 0 bridgehead atoms. The standard InChI is InChI=1S/C16H21BrN2O2/c1-3-14(4-2)19-10-11(9-15(19)20)16(21)18-13-7-5-12(17)6-8-13/h5-8,11,14H,3-4,9-10H2,1-2H3,(H,18,21)/t11-/m0/s1. The Morgan fingerprint density at radius 3 is 2.52 bits per heavy atom. The Morgan fingerprint density at radius 2 is 1.95 bits per heavy atom. The van der Waals surface area contributed by atoms with Crippen LogP contribution in [0.4, 0.5) is 5.69 Å². The molecule has 0 radical (unpaired) electrons. The molecule has 1 aromatic carbocycles. The zero-order chi connectivity index (χ0) is 15.4. The van der Waals surface area contributed by atoms with Crippen LogP contribution in [0.3, 0.4) is 0 Å². The van der Waals surface area contributed by atoms with Crippen molar-refractivity contribution < 1.29 is 9.59 Å². The van der Waals surface area contributed by atoms with Gasteiger partial charge in [0.15, 0.2) is 0 Å². The van der Waals surface area contributed by atoms with Crippen molar-refractivity contribution in [2.45, 2.75) is 39.2 Å². The van der Waals surface area contributed by atoms with E-state index in [2.05, 4.69) is 35.1 Å². The second-order valence-corrected chi connectivity index (χ2v) is 6.33. The van der Waals surface area contributed by atoms with Crippen molar-refractivity contribution in [3.8, 4) is 0 Å². The van der Waals surface area contributed by atoms with E-state index >= 15 is 0 Å². The van der Waals surface area contributed by atoms with Gasteiger partial charge in [-0.2, -0.15) is 0 Å². The maximum atomic E-state index is 12.3. The van der Waals surface area contributed by atoms with Crippen LogP contribution in [0.2, 0.25) is 0 Å². The molecular formula is C16H21BrN2O2. The number of nitrogens with one attached hydrogen (secondary N) is 1. The number of amides is 2. The third kappa shape index (κ3) is 3.84. The molecule has 1 N–H and O–H groups in total. The smallest absolute Gasteiger partial charge is 0.229 e. The maximum absolute atomic E-state index is 12.3. The molecule has 0 spiro atoms. The number of hydrogen-bond donors (Lipinski definition) is 1. The summed E-state index contributed by atoms with van der Waals surface area (Å²) in [6.07, 6.45) is 2.19. The van der Waals surface area contributed by atoms with Crippen LogP contribution in [0.5, 0.6) is 0 Å². The molecule has 2 rings (SSSR count). The van der Waals surface area contributed by atoms with Crippen molar-refractivity contribution in [1.29, 1.82) is 0 Å². The molecule has 0 saturated carbocycles. The molecule has 2 amide bonds. The number of nitrogens with zero attached hydrogens (tertiary/aromatic N) is 1. The van der Waals surface area contributed by atoms with Crippen LogP contribution in [0, 0.1) is 5.92 Å². The molecule has 1 atom stereocenters. The molecule has 0 aromatic heterocycles. The van der Waals surface area contributed by atoms with Crippen LogP contribution in [0.1, 0.15) is 33.1 Å². The molecule has 1 aliphatic rings. The van der Waals surface area contributed by atoms with Crippen molar-refractivity contribution in [3.63, 3.8) is 0 Å². The van der Waals surface area contributed by atoms with E-state index in [1.54, 1.807) is 0 Å². The second-order valence-electron chi connectivity index (χ2n) is 5.41. The van der Waals surface area contributed by atoms with Gasteiger partial charge in [-0.3, -0.25) is 9.59 Å². The number of halogens is 1. The number of anilines is 1. The molecule has 1 aliphatic heterocycles. The highest BCUT2D eigenvalue weighted by Gasteiger charge is 2.36. The van der Waals surface area contributed by atoms with Gasteiger partial charge >= 0.3 is 0 Å². The number of rotatable bonds is 5. The third-order valence-electron chi connectivity index (χ3n) is 4.02. The first kappa shape index (κ1) is 16.0. The van der Waals surface area contributed by atoms with Gasteiger partial charge in [0.25, 0.3) is 0 Å². The van der Waals surface area contributed by atoms with E-state index in [1.807, 2.05) is 29.2 Å². The van der Waals surface area contributed by atoms with Crippen molar-refractivity contribution in [3.05, 3.63) is 28.7 Å². The summed E-state index contributed by atoms with van der Waals surface area (Å²) in [6.45, 7) is 4.70. The Morgan fingerprint density at radius 1 is 1.33 bits per heavy atom. The van der Waals surface area contributed by atoms with Crippen LogP contribution in [-0.4, -0.2) is 29.3 Å². The van der Waals surface area contributed by atoms with Gasteiger partial charge in [-0.15, -0.1) is 0 Å². The van der Waals surface area contributed by atoms with E-state index in [4.69, 9.17) is 0 Å². The highest BCUT2D eigenvalue weighted by atomic mass is 79.9. The lowest BCUT2D eigenvalue weighted by molar-refractivity contribution is -0.130. The largest absolute Gasteiger partial charge is 0.339 e. The summed E-state index contributed by atoms with van der Waals surface area (Å²) in [5, 5.41) is 2.89. The molecule has 1 saturated heterocycles. The molecule has 21 heavy (non-hydrogen) atoms. The molecule has 1 fully saturated rings. The zero-order valence-corrected chi connectivity index (χ0v) is 14.0. The van der Waals surface area contributed by atoms with Crippen LogP contribution >= 0.6 is 15.9 Å². The van der Waals surface area contributed by atoms with Gasteiger partial charge in [-0.25, -0.2) is 0 Å². The monoisotopic (exact) mass is 352 g/mol. The average Bonchev–Trinajstić information content (AvgIpc) is 2.85. The first-order valence-corrected chi connectivity index (χ1v) is 8.20. The average molecular weight is 353 g/mol. The fourth-order valence-corrected chi connectivity index (χ4v) is 3.03. The molecule has 114 valence electrons. The van der Waals surface area contributed by atoms with Gasteiger partial charge in [0, 0.05) is 29.2 Å². The summed E-state index contributed by atoms with van der Waals surface area (Å²) in [7, 11) is 0. The second kappa shape index (κ2) is 7.07. The molecular weight excluding hydrogens is 332 g/mol. The summed E-state index contributed by atoms with van der Waals surface area (Å²) >= 11 is 3.36. The van der Waals surface area contributed by atoms with Crippen LogP contribution in [0.15, 0.2) is 28.7 Å². The number of hydrogen-bond acceptors (Lipinski definition) is 2. The Kier molecular flexibility index (Phi) is 5.39. The van der Waals surface area contributed by atoms with E-state index in [0.717, 1.165) is 23.0 Å². The molecule has 1 aromatic rings. The summed E-state index contributed by atoms with van der Waals surface area (Å²) in [6, 6.07) is 7.70. The number of likely N-dealkylation sites (tertiary alicyclic amines) is 1. The third-order valence-corrected chi connectivity index (χ3v) is 4.55. The van der Waals surface area contributed by atoms with Crippen LogP contribution < -0.4 is 5.32 Å². The fraction of sp³-hybridized carbons (Fsp3) is 0.500. The number of benzene rings is 1. The zero-order valence-electron chi connectivity index (χ0n) is 12.4. The van der Waals surface area contributed by atoms with Gasteiger partial charge in [0.2, 0.25) is 11.8 Å². The van der Waals surface area contributed by atoms with Crippen molar-refractivity contribution in [2.75, 3.05) is 11.9 Å². The minimum absolute atomic E-state index is 0.0703. The number of carbonyl (C=O) groups is 2. The Hall–Kier alpha value is -1.36. The fourth-order valence-electron chi connectivity index (χ4n) is 2.77. The highest BCUT2D eigenvalue weighted by Crippen LogP contribution is 2.24. The SMILES string of the molecule is CCC(CC)N1C[C@@H](C(=O)Nc2ccc(Br)cc2)CC1=O. The van der Waals surface area contributed by atoms with E-state index in [0.29, 0.717) is 13.0 Å². The van der Waals surface area contributed by atoms with E-state index in [1.165, 1.54) is 0 Å². The first-order valence-electron chi connectivity index (χ1n) is 7.41. The lowest BCUT2D eigenvalue weighted by atomic mass is 10.1. The molecule has 4 nitrogen and oxygen atoms in total. The Bertz CT molecular complexity index is 512. The van der Waals surface area contributed by atoms with E-state index in [-0.39, 0.29) is 23.8 Å². The first-order chi connectivity index (χ1) is 10.0. The summed E-state index contributed by atoms with van der Waals surface area (Å²) in [5.74, 6) is -0.222. The predicted molar refractivity (Wildman–Crippen MR) is 87.0 cm³/mol. The van der Waals surface area contributed by atoms with Gasteiger partial charge in [-0.05, 0) is 37.1 Å². The lowest BCUT2D eigenvalue weighted by Gasteiger charge is -2.26. The van der Waals surface area contributed by atoms with Crippen molar-refractivity contribution in [2.24, 2.45) is 5.92 Å². The summed E-state index contributed by atoms with van der Waals surface area (Å²) < 4.78 is 0.969. The summed E-state index contributed by atoms with van der Waals surface area (Å²) in [5.41, 5.74) is 0.761. The molecule has 0 aliphatic carbocycles. The minimum atomic E-state index is -0.248. The molecule has 5 heteroatoms. The lowest BCUT2D eigenvalue weighted by Crippen LogP contribution is -2.36. The Labute approximate surface area is 134 Å².